The zero-order valence-electron chi connectivity index (χ0n) is 16.3. The first-order chi connectivity index (χ1) is 14.1. The smallest absolute Gasteiger partial charge is 0.318 e. The fraction of sp³-hybridized carbons (Fsp3) is 0.364. The Labute approximate surface area is 167 Å². The van der Waals surface area contributed by atoms with E-state index in [1.54, 1.807) is 23.1 Å². The highest BCUT2D eigenvalue weighted by Gasteiger charge is 2.33. The summed E-state index contributed by atoms with van der Waals surface area (Å²) in [6.45, 7) is 3.39. The summed E-state index contributed by atoms with van der Waals surface area (Å²) >= 11 is 0. The van der Waals surface area contributed by atoms with Gasteiger partial charge in [0.2, 0.25) is 5.89 Å². The minimum absolute atomic E-state index is 0.0997. The Morgan fingerprint density at radius 3 is 2.93 bits per heavy atom. The van der Waals surface area contributed by atoms with Gasteiger partial charge in [-0.1, -0.05) is 19.4 Å². The summed E-state index contributed by atoms with van der Waals surface area (Å²) < 4.78 is 33.2. The lowest BCUT2D eigenvalue weighted by Gasteiger charge is -2.22. The number of likely N-dealkylation sites (tertiary alicyclic amines) is 1. The van der Waals surface area contributed by atoms with Gasteiger partial charge in [0.05, 0.1) is 0 Å². The molecular formula is C22H23F2N3O2. The van der Waals surface area contributed by atoms with Crippen LogP contribution in [0.4, 0.5) is 13.6 Å². The Morgan fingerprint density at radius 2 is 2.14 bits per heavy atom. The zero-order chi connectivity index (χ0) is 20.4. The van der Waals surface area contributed by atoms with E-state index in [9.17, 15) is 13.6 Å². The summed E-state index contributed by atoms with van der Waals surface area (Å²) in [6.07, 6.45) is 3.63. The van der Waals surface area contributed by atoms with Crippen LogP contribution >= 0.6 is 0 Å². The highest BCUT2D eigenvalue weighted by atomic mass is 19.1. The molecule has 1 atom stereocenters. The van der Waals surface area contributed by atoms with Crippen LogP contribution in [0, 0.1) is 11.6 Å². The summed E-state index contributed by atoms with van der Waals surface area (Å²) in [6, 6.07) is 8.35. The average Bonchev–Trinajstić information content (AvgIpc) is 3.34. The van der Waals surface area contributed by atoms with Gasteiger partial charge in [0, 0.05) is 24.7 Å². The van der Waals surface area contributed by atoms with Gasteiger partial charge in [-0.05, 0) is 49.1 Å². The third-order valence-corrected chi connectivity index (χ3v) is 5.25. The van der Waals surface area contributed by atoms with Crippen molar-refractivity contribution in [3.63, 3.8) is 0 Å². The number of halogens is 2. The van der Waals surface area contributed by atoms with Crippen LogP contribution in [0.15, 0.2) is 40.8 Å². The van der Waals surface area contributed by atoms with E-state index in [4.69, 9.17) is 4.42 Å². The molecule has 1 aliphatic rings. The molecule has 1 saturated heterocycles. The predicted octanol–water partition coefficient (Wildman–Crippen LogP) is 5.42. The summed E-state index contributed by atoms with van der Waals surface area (Å²) in [4.78, 5) is 18.8. The minimum Gasteiger partial charge on any atom is -0.438 e. The van der Waals surface area contributed by atoms with Gasteiger partial charge in [-0.3, -0.25) is 0 Å². The molecule has 1 aliphatic heterocycles. The maximum Gasteiger partial charge on any atom is 0.318 e. The summed E-state index contributed by atoms with van der Waals surface area (Å²) in [5.74, 6) is -0.756. The van der Waals surface area contributed by atoms with Crippen LogP contribution in [0.25, 0.3) is 22.2 Å². The molecule has 3 aromatic rings. The molecule has 0 unspecified atom stereocenters. The highest BCUT2D eigenvalue weighted by Crippen LogP contribution is 2.34. The zero-order valence-corrected chi connectivity index (χ0v) is 16.3. The first kappa shape index (κ1) is 19.4. The fourth-order valence-electron chi connectivity index (χ4n) is 3.72. The number of aromatic nitrogens is 1. The van der Waals surface area contributed by atoms with Gasteiger partial charge in [0.1, 0.15) is 23.2 Å². The maximum absolute atomic E-state index is 14.1. The molecule has 0 spiro atoms. The van der Waals surface area contributed by atoms with Crippen molar-refractivity contribution in [3.05, 3.63) is 53.9 Å². The largest absolute Gasteiger partial charge is 0.438 e. The highest BCUT2D eigenvalue weighted by molar-refractivity contribution is 5.81. The molecule has 7 heteroatoms. The Kier molecular flexibility index (Phi) is 5.47. The SMILES string of the molecule is CCCCNC(=O)N1CCC[C@@H]1c1nc2cc(-c3ccc(F)cc3F)ccc2o1. The van der Waals surface area contributed by atoms with Crippen molar-refractivity contribution < 1.29 is 18.0 Å². The van der Waals surface area contributed by atoms with E-state index in [1.165, 1.54) is 12.1 Å². The number of benzene rings is 2. The lowest BCUT2D eigenvalue weighted by atomic mass is 10.0. The van der Waals surface area contributed by atoms with E-state index in [0.717, 1.165) is 31.7 Å². The first-order valence-corrected chi connectivity index (χ1v) is 9.97. The third kappa shape index (κ3) is 3.95. The van der Waals surface area contributed by atoms with Crippen LogP contribution in [0.1, 0.15) is 44.5 Å². The Morgan fingerprint density at radius 1 is 1.28 bits per heavy atom. The van der Waals surface area contributed by atoms with Crippen molar-refractivity contribution in [1.82, 2.24) is 15.2 Å². The Balaban J connectivity index is 1.59. The number of nitrogens with one attached hydrogen (secondary N) is 1. The number of carbonyl (C=O) groups excluding carboxylic acids is 1. The molecule has 2 amide bonds. The molecule has 2 aromatic carbocycles. The van der Waals surface area contributed by atoms with Crippen LogP contribution in [0.5, 0.6) is 0 Å². The van der Waals surface area contributed by atoms with Crippen molar-refractivity contribution in [2.45, 2.75) is 38.6 Å². The molecule has 1 fully saturated rings. The van der Waals surface area contributed by atoms with Gasteiger partial charge in [-0.2, -0.15) is 0 Å². The number of urea groups is 1. The number of hydrogen-bond donors (Lipinski definition) is 1. The number of oxazole rings is 1. The molecule has 0 radical (unpaired) electrons. The van der Waals surface area contributed by atoms with Crippen molar-refractivity contribution in [1.29, 1.82) is 0 Å². The third-order valence-electron chi connectivity index (χ3n) is 5.25. The summed E-state index contributed by atoms with van der Waals surface area (Å²) in [5.41, 5.74) is 2.05. The molecule has 1 aromatic heterocycles. The van der Waals surface area contributed by atoms with Crippen LogP contribution in [0.2, 0.25) is 0 Å². The Bertz CT molecular complexity index is 1030. The average molecular weight is 399 g/mol. The molecule has 29 heavy (non-hydrogen) atoms. The number of unbranched alkanes of at least 4 members (excludes halogenated alkanes) is 1. The van der Waals surface area contributed by atoms with Crippen molar-refractivity contribution in [2.24, 2.45) is 0 Å². The lowest BCUT2D eigenvalue weighted by Crippen LogP contribution is -2.39. The number of hydrogen-bond acceptors (Lipinski definition) is 3. The second kappa shape index (κ2) is 8.19. The number of amides is 2. The Hall–Kier alpha value is -2.96. The number of fused-ring (bicyclic) bond motifs is 1. The van der Waals surface area contributed by atoms with Gasteiger partial charge < -0.3 is 14.6 Å². The monoisotopic (exact) mass is 399 g/mol. The van der Waals surface area contributed by atoms with Gasteiger partial charge in [-0.25, -0.2) is 18.6 Å². The van der Waals surface area contributed by atoms with Crippen molar-refractivity contribution in [3.8, 4) is 11.1 Å². The molecule has 0 saturated carbocycles. The number of carbonyl (C=O) groups is 1. The molecule has 0 bridgehead atoms. The van der Waals surface area contributed by atoms with Gasteiger partial charge in [0.25, 0.3) is 0 Å². The molecule has 4 rings (SSSR count). The number of nitrogens with zero attached hydrogens (tertiary/aromatic N) is 2. The summed E-state index contributed by atoms with van der Waals surface area (Å²) in [7, 11) is 0. The lowest BCUT2D eigenvalue weighted by molar-refractivity contribution is 0.185. The van der Waals surface area contributed by atoms with Crippen LogP contribution in [0.3, 0.4) is 0 Å². The van der Waals surface area contributed by atoms with Crippen LogP contribution in [-0.4, -0.2) is 29.0 Å². The van der Waals surface area contributed by atoms with E-state index in [1.807, 2.05) is 0 Å². The number of rotatable bonds is 5. The van der Waals surface area contributed by atoms with Crippen molar-refractivity contribution in [2.75, 3.05) is 13.1 Å². The molecular weight excluding hydrogens is 376 g/mol. The van der Waals surface area contributed by atoms with Crippen LogP contribution in [-0.2, 0) is 0 Å². The van der Waals surface area contributed by atoms with Crippen molar-refractivity contribution >= 4 is 17.1 Å². The van der Waals surface area contributed by atoms with Gasteiger partial charge in [0.15, 0.2) is 5.58 Å². The molecule has 1 N–H and O–H groups in total. The van der Waals surface area contributed by atoms with E-state index in [0.29, 0.717) is 41.2 Å². The second-order valence-corrected chi connectivity index (χ2v) is 7.30. The topological polar surface area (TPSA) is 58.4 Å². The molecule has 2 heterocycles. The standard InChI is InChI=1S/C22H23F2N3O2/c1-2-3-10-25-22(28)27-11-4-5-19(27)21-26-18-12-14(6-9-20(18)29-21)16-8-7-15(23)13-17(16)24/h6-9,12-13,19H,2-5,10-11H2,1H3,(H,25,28)/t19-/m1/s1. The van der Waals surface area contributed by atoms with E-state index in [-0.39, 0.29) is 12.1 Å². The predicted molar refractivity (Wildman–Crippen MR) is 106 cm³/mol. The molecule has 5 nitrogen and oxygen atoms in total. The minimum atomic E-state index is -0.626. The van der Waals surface area contributed by atoms with Gasteiger partial charge >= 0.3 is 6.03 Å². The van der Waals surface area contributed by atoms with Gasteiger partial charge in [-0.15, -0.1) is 0 Å². The normalized spacial score (nSPS) is 16.5. The van der Waals surface area contributed by atoms with Crippen LogP contribution < -0.4 is 5.32 Å². The quantitative estimate of drug-likeness (QED) is 0.583. The van der Waals surface area contributed by atoms with E-state index < -0.39 is 11.6 Å². The van der Waals surface area contributed by atoms with E-state index in [2.05, 4.69) is 17.2 Å². The maximum atomic E-state index is 14.1. The molecule has 152 valence electrons. The second-order valence-electron chi connectivity index (χ2n) is 7.30. The van der Waals surface area contributed by atoms with E-state index >= 15 is 0 Å². The fourth-order valence-corrected chi connectivity index (χ4v) is 3.72. The first-order valence-electron chi connectivity index (χ1n) is 9.97. The summed E-state index contributed by atoms with van der Waals surface area (Å²) in [5, 5.41) is 2.95. The molecule has 0 aliphatic carbocycles.